The molecule has 1 saturated carbocycles. The van der Waals surface area contributed by atoms with Crippen LogP contribution in [0.4, 0.5) is 4.79 Å². The summed E-state index contributed by atoms with van der Waals surface area (Å²) in [5.41, 5.74) is 0. The van der Waals surface area contributed by atoms with Gasteiger partial charge in [-0.15, -0.1) is 0 Å². The second kappa shape index (κ2) is 8.12. The van der Waals surface area contributed by atoms with E-state index in [0.29, 0.717) is 12.3 Å². The summed E-state index contributed by atoms with van der Waals surface area (Å²) in [7, 11) is 0. The number of urea groups is 1. The Morgan fingerprint density at radius 2 is 1.90 bits per heavy atom. The number of rotatable bonds is 6. The molecule has 0 aliphatic heterocycles. The minimum atomic E-state index is -0.968. The van der Waals surface area contributed by atoms with Crippen molar-refractivity contribution in [3.63, 3.8) is 0 Å². The Labute approximate surface area is 121 Å². The summed E-state index contributed by atoms with van der Waals surface area (Å²) in [6.07, 6.45) is 6.01. The highest BCUT2D eigenvalue weighted by Gasteiger charge is 2.27. The maximum atomic E-state index is 12.0. The van der Waals surface area contributed by atoms with E-state index < -0.39 is 12.0 Å². The first-order chi connectivity index (χ1) is 9.43. The Morgan fingerprint density at radius 1 is 1.25 bits per heavy atom. The highest BCUT2D eigenvalue weighted by atomic mass is 16.4. The number of carbonyl (C=O) groups is 2. The van der Waals surface area contributed by atoms with Crippen LogP contribution in [0, 0.1) is 11.8 Å². The van der Waals surface area contributed by atoms with Crippen molar-refractivity contribution >= 4 is 12.0 Å². The van der Waals surface area contributed by atoms with Crippen molar-refractivity contribution < 1.29 is 14.7 Å². The molecule has 2 unspecified atom stereocenters. The Balaban J connectivity index is 2.49. The lowest BCUT2D eigenvalue weighted by Crippen LogP contribution is -2.51. The van der Waals surface area contributed by atoms with Crippen LogP contribution in [0.25, 0.3) is 0 Å². The Morgan fingerprint density at radius 3 is 2.45 bits per heavy atom. The minimum absolute atomic E-state index is 0.183. The fraction of sp³-hybridized carbons (Fsp3) is 0.867. The lowest BCUT2D eigenvalue weighted by Gasteiger charge is -2.32. The van der Waals surface area contributed by atoms with Crippen LogP contribution in [0.1, 0.15) is 59.3 Å². The predicted molar refractivity (Wildman–Crippen MR) is 78.6 cm³/mol. The van der Waals surface area contributed by atoms with Gasteiger partial charge in [0.05, 0.1) is 0 Å². The van der Waals surface area contributed by atoms with E-state index in [2.05, 4.69) is 17.6 Å². The van der Waals surface area contributed by atoms with Crippen molar-refractivity contribution in [1.82, 2.24) is 10.6 Å². The molecule has 0 aromatic carbocycles. The van der Waals surface area contributed by atoms with E-state index in [4.69, 9.17) is 5.11 Å². The van der Waals surface area contributed by atoms with E-state index in [1.807, 2.05) is 13.8 Å². The van der Waals surface area contributed by atoms with Crippen LogP contribution in [-0.2, 0) is 4.79 Å². The van der Waals surface area contributed by atoms with Crippen molar-refractivity contribution in [1.29, 1.82) is 0 Å². The van der Waals surface area contributed by atoms with E-state index in [1.54, 1.807) is 0 Å². The van der Waals surface area contributed by atoms with Gasteiger partial charge in [0.15, 0.2) is 0 Å². The summed E-state index contributed by atoms with van der Waals surface area (Å²) < 4.78 is 0. The molecule has 0 saturated heterocycles. The molecule has 0 heterocycles. The zero-order valence-corrected chi connectivity index (χ0v) is 12.8. The van der Waals surface area contributed by atoms with Crippen molar-refractivity contribution in [3.05, 3.63) is 0 Å². The third-order valence-electron chi connectivity index (χ3n) is 4.06. The summed E-state index contributed by atoms with van der Waals surface area (Å²) in [4.78, 5) is 23.1. The highest BCUT2D eigenvalue weighted by Crippen LogP contribution is 2.26. The summed E-state index contributed by atoms with van der Waals surface area (Å²) in [5, 5.41) is 14.7. The average molecular weight is 284 g/mol. The molecule has 2 amide bonds. The Bertz CT molecular complexity index is 331. The van der Waals surface area contributed by atoms with Crippen LogP contribution >= 0.6 is 0 Å². The fourth-order valence-electron chi connectivity index (χ4n) is 2.95. The number of aliphatic carboxylic acids is 1. The quantitative estimate of drug-likeness (QED) is 0.701. The molecule has 3 atom stereocenters. The van der Waals surface area contributed by atoms with Crippen LogP contribution in [0.2, 0.25) is 0 Å². The van der Waals surface area contributed by atoms with E-state index in [1.165, 1.54) is 6.42 Å². The van der Waals surface area contributed by atoms with Crippen molar-refractivity contribution in [2.75, 3.05) is 0 Å². The Kier molecular flexibility index (Phi) is 6.82. The van der Waals surface area contributed by atoms with Gasteiger partial charge < -0.3 is 15.7 Å². The molecule has 1 aliphatic carbocycles. The van der Waals surface area contributed by atoms with Gasteiger partial charge in [-0.25, -0.2) is 9.59 Å². The van der Waals surface area contributed by atoms with E-state index in [0.717, 1.165) is 25.7 Å². The summed E-state index contributed by atoms with van der Waals surface area (Å²) in [6, 6.07) is -0.968. The zero-order chi connectivity index (χ0) is 15.1. The van der Waals surface area contributed by atoms with Gasteiger partial charge >= 0.3 is 12.0 Å². The molecule has 0 aromatic heterocycles. The van der Waals surface area contributed by atoms with Crippen molar-refractivity contribution in [2.24, 2.45) is 11.8 Å². The second-order valence-corrected chi connectivity index (χ2v) is 6.20. The topological polar surface area (TPSA) is 78.4 Å². The number of carboxylic acid groups (broad SMARTS) is 1. The lowest BCUT2D eigenvalue weighted by molar-refractivity contribution is -0.139. The van der Waals surface area contributed by atoms with Crippen molar-refractivity contribution in [2.45, 2.75) is 71.4 Å². The molecule has 0 spiro atoms. The molecule has 0 aromatic rings. The monoisotopic (exact) mass is 284 g/mol. The maximum Gasteiger partial charge on any atom is 0.326 e. The van der Waals surface area contributed by atoms with Crippen molar-refractivity contribution in [3.8, 4) is 0 Å². The van der Waals surface area contributed by atoms with E-state index in [9.17, 15) is 9.59 Å². The van der Waals surface area contributed by atoms with Gasteiger partial charge in [0.25, 0.3) is 0 Å². The van der Waals surface area contributed by atoms with E-state index in [-0.39, 0.29) is 18.0 Å². The minimum Gasteiger partial charge on any atom is -0.480 e. The summed E-state index contributed by atoms with van der Waals surface area (Å²) in [6.45, 7) is 6.04. The first-order valence-electron chi connectivity index (χ1n) is 7.73. The molecule has 20 heavy (non-hydrogen) atoms. The number of hydrogen-bond donors (Lipinski definition) is 3. The zero-order valence-electron chi connectivity index (χ0n) is 12.8. The third-order valence-corrected chi connectivity index (χ3v) is 4.06. The number of amides is 2. The summed E-state index contributed by atoms with van der Waals surface area (Å²) in [5.74, 6) is -0.220. The molecular formula is C15H28N2O3. The fourth-order valence-corrected chi connectivity index (χ4v) is 2.95. The lowest BCUT2D eigenvalue weighted by atomic mass is 9.83. The van der Waals surface area contributed by atoms with Crippen LogP contribution in [0.15, 0.2) is 0 Å². The molecule has 5 nitrogen and oxygen atoms in total. The number of carbonyl (C=O) groups excluding carboxylic acids is 1. The molecular weight excluding hydrogens is 256 g/mol. The van der Waals surface area contributed by atoms with E-state index >= 15 is 0 Å². The molecule has 116 valence electrons. The van der Waals surface area contributed by atoms with Gasteiger partial charge in [0.1, 0.15) is 6.04 Å². The Hall–Kier alpha value is -1.26. The van der Waals surface area contributed by atoms with Crippen LogP contribution in [-0.4, -0.2) is 29.2 Å². The first-order valence-corrected chi connectivity index (χ1v) is 7.73. The SMILES string of the molecule is CCC1CCCCC1NC(=O)N[C@@H](CC(C)C)C(=O)O. The molecule has 1 fully saturated rings. The first kappa shape index (κ1) is 16.8. The molecule has 3 N–H and O–H groups in total. The second-order valence-electron chi connectivity index (χ2n) is 6.20. The molecule has 5 heteroatoms. The third kappa shape index (κ3) is 5.39. The number of carboxylic acids is 1. The van der Waals surface area contributed by atoms with Gasteiger partial charge in [-0.1, -0.05) is 40.0 Å². The normalized spacial score (nSPS) is 24.2. The largest absolute Gasteiger partial charge is 0.480 e. The van der Waals surface area contributed by atoms with Gasteiger partial charge in [-0.05, 0) is 31.1 Å². The van der Waals surface area contributed by atoms with Crippen LogP contribution in [0.5, 0.6) is 0 Å². The molecule has 1 rings (SSSR count). The average Bonchev–Trinajstić information content (AvgIpc) is 2.37. The molecule has 0 radical (unpaired) electrons. The maximum absolute atomic E-state index is 12.0. The molecule has 1 aliphatic rings. The number of nitrogens with one attached hydrogen (secondary N) is 2. The van der Waals surface area contributed by atoms with Gasteiger partial charge in [-0.2, -0.15) is 0 Å². The van der Waals surface area contributed by atoms with Gasteiger partial charge in [0.2, 0.25) is 0 Å². The standard InChI is InChI=1S/C15H28N2O3/c1-4-11-7-5-6-8-12(11)16-15(20)17-13(14(18)19)9-10(2)3/h10-13H,4-9H2,1-3H3,(H,18,19)(H2,16,17,20)/t11?,12?,13-/m0/s1. The smallest absolute Gasteiger partial charge is 0.326 e. The predicted octanol–water partition coefficient (Wildman–Crippen LogP) is 2.75. The van der Waals surface area contributed by atoms with Crippen LogP contribution in [0.3, 0.4) is 0 Å². The molecule has 0 bridgehead atoms. The van der Waals surface area contributed by atoms with Gasteiger partial charge in [0, 0.05) is 6.04 Å². The number of hydrogen-bond acceptors (Lipinski definition) is 2. The summed E-state index contributed by atoms with van der Waals surface area (Å²) >= 11 is 0. The van der Waals surface area contributed by atoms with Crippen LogP contribution < -0.4 is 10.6 Å². The highest BCUT2D eigenvalue weighted by molar-refractivity contribution is 5.82. The van der Waals surface area contributed by atoms with Gasteiger partial charge in [-0.3, -0.25) is 0 Å².